The van der Waals surface area contributed by atoms with Gasteiger partial charge in [-0.1, -0.05) is 17.7 Å². The number of halogens is 2. The number of carbonyl (C=O) groups is 1. The SMILES string of the molecule is COC(=O)/C(N)=C\c1ccc(F)c(C)c1Cl. The van der Waals surface area contributed by atoms with E-state index in [1.165, 1.54) is 25.3 Å². The molecule has 16 heavy (non-hydrogen) atoms. The number of hydrogen-bond acceptors (Lipinski definition) is 3. The molecule has 2 N–H and O–H groups in total. The van der Waals surface area contributed by atoms with Crippen LogP contribution in [-0.2, 0) is 9.53 Å². The van der Waals surface area contributed by atoms with E-state index in [1.807, 2.05) is 0 Å². The lowest BCUT2D eigenvalue weighted by Crippen LogP contribution is -2.12. The molecule has 0 aliphatic heterocycles. The molecular formula is C11H11ClFNO2. The van der Waals surface area contributed by atoms with Gasteiger partial charge in [0.2, 0.25) is 0 Å². The lowest BCUT2D eigenvalue weighted by molar-refractivity contribution is -0.136. The topological polar surface area (TPSA) is 52.3 Å². The number of carbonyl (C=O) groups excluding carboxylic acids is 1. The molecule has 1 aromatic carbocycles. The molecule has 0 radical (unpaired) electrons. The fraction of sp³-hybridized carbons (Fsp3) is 0.182. The van der Waals surface area contributed by atoms with Crippen LogP contribution >= 0.6 is 11.6 Å². The molecule has 0 bridgehead atoms. The Kier molecular flexibility index (Phi) is 3.90. The van der Waals surface area contributed by atoms with E-state index in [1.54, 1.807) is 6.92 Å². The van der Waals surface area contributed by atoms with Crippen molar-refractivity contribution in [1.82, 2.24) is 0 Å². The first-order chi connectivity index (χ1) is 7.47. The molecule has 1 aromatic rings. The minimum Gasteiger partial charge on any atom is -0.464 e. The zero-order chi connectivity index (χ0) is 12.3. The van der Waals surface area contributed by atoms with E-state index in [9.17, 15) is 9.18 Å². The molecule has 0 saturated heterocycles. The Labute approximate surface area is 97.7 Å². The van der Waals surface area contributed by atoms with Crippen LogP contribution in [0.15, 0.2) is 17.8 Å². The third-order valence-electron chi connectivity index (χ3n) is 2.08. The van der Waals surface area contributed by atoms with Crippen LogP contribution in [0, 0.1) is 12.7 Å². The van der Waals surface area contributed by atoms with Gasteiger partial charge in [0, 0.05) is 5.56 Å². The van der Waals surface area contributed by atoms with Gasteiger partial charge in [-0.05, 0) is 24.6 Å². The molecule has 3 nitrogen and oxygen atoms in total. The molecule has 0 fully saturated rings. The molecule has 0 atom stereocenters. The maximum absolute atomic E-state index is 13.1. The highest BCUT2D eigenvalue weighted by atomic mass is 35.5. The van der Waals surface area contributed by atoms with Crippen molar-refractivity contribution in [2.24, 2.45) is 5.73 Å². The van der Waals surface area contributed by atoms with Crippen molar-refractivity contribution in [1.29, 1.82) is 0 Å². The molecular weight excluding hydrogens is 233 g/mol. The number of ether oxygens (including phenoxy) is 1. The van der Waals surface area contributed by atoms with E-state index in [4.69, 9.17) is 17.3 Å². The van der Waals surface area contributed by atoms with Crippen molar-refractivity contribution in [2.45, 2.75) is 6.92 Å². The summed E-state index contributed by atoms with van der Waals surface area (Å²) < 4.78 is 17.5. The molecule has 0 saturated carbocycles. The van der Waals surface area contributed by atoms with E-state index >= 15 is 0 Å². The highest BCUT2D eigenvalue weighted by molar-refractivity contribution is 6.33. The van der Waals surface area contributed by atoms with Gasteiger partial charge in [-0.15, -0.1) is 0 Å². The van der Waals surface area contributed by atoms with Crippen LogP contribution in [-0.4, -0.2) is 13.1 Å². The van der Waals surface area contributed by atoms with Crippen molar-refractivity contribution < 1.29 is 13.9 Å². The van der Waals surface area contributed by atoms with Gasteiger partial charge in [-0.3, -0.25) is 0 Å². The lowest BCUT2D eigenvalue weighted by Gasteiger charge is -2.05. The Morgan fingerprint density at radius 2 is 2.19 bits per heavy atom. The summed E-state index contributed by atoms with van der Waals surface area (Å²) in [7, 11) is 1.22. The third kappa shape index (κ3) is 2.52. The van der Waals surface area contributed by atoms with Crippen molar-refractivity contribution in [3.8, 4) is 0 Å². The van der Waals surface area contributed by atoms with Crippen molar-refractivity contribution in [3.05, 3.63) is 39.8 Å². The molecule has 0 aliphatic carbocycles. The fourth-order valence-corrected chi connectivity index (χ4v) is 1.35. The maximum Gasteiger partial charge on any atom is 0.353 e. The summed E-state index contributed by atoms with van der Waals surface area (Å²) in [4.78, 5) is 11.0. The van der Waals surface area contributed by atoms with Gasteiger partial charge in [0.05, 0.1) is 12.1 Å². The predicted molar refractivity (Wildman–Crippen MR) is 60.3 cm³/mol. The standard InChI is InChI=1S/C11H11ClFNO2/c1-6-8(13)4-3-7(10(6)12)5-9(14)11(15)16-2/h3-5H,14H2,1-2H3/b9-5+. The lowest BCUT2D eigenvalue weighted by atomic mass is 10.1. The summed E-state index contributed by atoms with van der Waals surface area (Å²) in [5, 5.41) is 0.229. The molecule has 0 spiro atoms. The molecule has 5 heteroatoms. The fourth-order valence-electron chi connectivity index (χ4n) is 1.14. The largest absolute Gasteiger partial charge is 0.464 e. The zero-order valence-electron chi connectivity index (χ0n) is 8.88. The minimum absolute atomic E-state index is 0.0876. The minimum atomic E-state index is -0.655. The summed E-state index contributed by atoms with van der Waals surface area (Å²) in [6, 6.07) is 2.71. The number of benzene rings is 1. The maximum atomic E-state index is 13.1. The molecule has 0 aliphatic rings. The Hall–Kier alpha value is -1.55. The molecule has 1 rings (SSSR count). The smallest absolute Gasteiger partial charge is 0.353 e. The zero-order valence-corrected chi connectivity index (χ0v) is 9.64. The molecule has 0 unspecified atom stereocenters. The first-order valence-corrected chi connectivity index (χ1v) is 4.85. The summed E-state index contributed by atoms with van der Waals surface area (Å²) in [5.74, 6) is -1.06. The van der Waals surface area contributed by atoms with Crippen LogP contribution < -0.4 is 5.73 Å². The normalized spacial score (nSPS) is 11.4. The number of rotatable bonds is 2. The van der Waals surface area contributed by atoms with Crippen LogP contribution in [0.4, 0.5) is 4.39 Å². The van der Waals surface area contributed by atoms with Crippen LogP contribution in [0.3, 0.4) is 0 Å². The number of esters is 1. The van der Waals surface area contributed by atoms with Crippen LogP contribution in [0.5, 0.6) is 0 Å². The molecule has 0 aromatic heterocycles. The monoisotopic (exact) mass is 243 g/mol. The Morgan fingerprint density at radius 3 is 2.75 bits per heavy atom. The molecule has 0 amide bonds. The van der Waals surface area contributed by atoms with Crippen molar-refractivity contribution in [2.75, 3.05) is 7.11 Å². The Morgan fingerprint density at radius 1 is 1.56 bits per heavy atom. The second-order valence-electron chi connectivity index (χ2n) is 3.17. The first-order valence-electron chi connectivity index (χ1n) is 4.47. The van der Waals surface area contributed by atoms with E-state index in [2.05, 4.69) is 4.74 Å². The molecule has 0 heterocycles. The summed E-state index contributed by atoms with van der Waals surface area (Å²) >= 11 is 5.90. The molecule has 86 valence electrons. The van der Waals surface area contributed by atoms with E-state index < -0.39 is 11.8 Å². The third-order valence-corrected chi connectivity index (χ3v) is 2.58. The first kappa shape index (κ1) is 12.5. The quantitative estimate of drug-likeness (QED) is 0.640. The van der Waals surface area contributed by atoms with Crippen molar-refractivity contribution >= 4 is 23.6 Å². The average Bonchev–Trinajstić information content (AvgIpc) is 2.28. The van der Waals surface area contributed by atoms with Crippen molar-refractivity contribution in [3.63, 3.8) is 0 Å². The van der Waals surface area contributed by atoms with E-state index in [0.717, 1.165) is 0 Å². The van der Waals surface area contributed by atoms with E-state index in [0.29, 0.717) is 11.1 Å². The van der Waals surface area contributed by atoms with Gasteiger partial charge in [0.1, 0.15) is 11.5 Å². The van der Waals surface area contributed by atoms with Gasteiger partial charge in [0.15, 0.2) is 0 Å². The van der Waals surface area contributed by atoms with Crippen LogP contribution in [0.1, 0.15) is 11.1 Å². The van der Waals surface area contributed by atoms with Gasteiger partial charge in [0.25, 0.3) is 0 Å². The number of methoxy groups -OCH3 is 1. The van der Waals surface area contributed by atoms with Gasteiger partial charge in [-0.25, -0.2) is 9.18 Å². The number of hydrogen-bond donors (Lipinski definition) is 1. The average molecular weight is 244 g/mol. The predicted octanol–water partition coefficient (Wildman–Crippen LogP) is 2.26. The van der Waals surface area contributed by atoms with Gasteiger partial charge in [-0.2, -0.15) is 0 Å². The summed E-state index contributed by atoms with van der Waals surface area (Å²) in [6.07, 6.45) is 1.35. The second-order valence-corrected chi connectivity index (χ2v) is 3.54. The van der Waals surface area contributed by atoms with Crippen LogP contribution in [0.2, 0.25) is 5.02 Å². The highest BCUT2D eigenvalue weighted by Crippen LogP contribution is 2.24. The Balaban J connectivity index is 3.16. The van der Waals surface area contributed by atoms with E-state index in [-0.39, 0.29) is 10.7 Å². The second kappa shape index (κ2) is 4.99. The Bertz CT molecular complexity index is 458. The van der Waals surface area contributed by atoms with Gasteiger partial charge >= 0.3 is 5.97 Å². The summed E-state index contributed by atoms with van der Waals surface area (Å²) in [6.45, 7) is 1.54. The summed E-state index contributed by atoms with van der Waals surface area (Å²) in [5.41, 5.74) is 6.15. The highest BCUT2D eigenvalue weighted by Gasteiger charge is 2.09. The number of nitrogens with two attached hydrogens (primary N) is 1. The van der Waals surface area contributed by atoms with Crippen LogP contribution in [0.25, 0.3) is 6.08 Å². The van der Waals surface area contributed by atoms with Gasteiger partial charge < -0.3 is 10.5 Å².